The molecule has 0 unspecified atom stereocenters. The molecule has 1 aliphatic heterocycles. The van der Waals surface area contributed by atoms with Crippen LogP contribution in [0.1, 0.15) is 5.56 Å². The lowest BCUT2D eigenvalue weighted by atomic mass is 10.2. The van der Waals surface area contributed by atoms with Crippen molar-refractivity contribution in [3.05, 3.63) is 95.3 Å². The number of benzene rings is 2. The number of nitrogens with zero attached hydrogens (tertiary/aromatic N) is 3. The van der Waals surface area contributed by atoms with Crippen LogP contribution in [0.15, 0.2) is 84.2 Å². The lowest BCUT2D eigenvalue weighted by molar-refractivity contribution is 1.01. The molecule has 0 bridgehead atoms. The highest BCUT2D eigenvalue weighted by Crippen LogP contribution is 2.15. The van der Waals surface area contributed by atoms with Gasteiger partial charge < -0.3 is 5.32 Å². The highest BCUT2D eigenvalue weighted by atomic mass is 16.1. The van der Waals surface area contributed by atoms with Gasteiger partial charge in [0.05, 0.1) is 0 Å². The van der Waals surface area contributed by atoms with Crippen molar-refractivity contribution >= 4 is 16.6 Å². The Bertz CT molecular complexity index is 1070. The number of nitrogens with one attached hydrogen (secondary N) is 1. The summed E-state index contributed by atoms with van der Waals surface area (Å²) < 4.78 is 1.67. The fourth-order valence-corrected chi connectivity index (χ4v) is 3.00. The molecule has 0 saturated heterocycles. The molecule has 0 atom stereocenters. The molecule has 2 aromatic heterocycles. The molecule has 0 radical (unpaired) electrons. The molecular formula is C21H18N4O. The molecule has 2 aromatic carbocycles. The Labute approximate surface area is 151 Å². The summed E-state index contributed by atoms with van der Waals surface area (Å²) in [7, 11) is 0. The van der Waals surface area contributed by atoms with E-state index in [9.17, 15) is 4.79 Å². The van der Waals surface area contributed by atoms with Crippen molar-refractivity contribution in [1.29, 1.82) is 0 Å². The van der Waals surface area contributed by atoms with Gasteiger partial charge in [0.1, 0.15) is 12.1 Å². The smallest absolute Gasteiger partial charge is 0.262 e. The lowest BCUT2D eigenvalue weighted by Gasteiger charge is -2.06. The zero-order valence-corrected chi connectivity index (χ0v) is 14.2. The molecule has 3 heterocycles. The molecule has 0 amide bonds. The van der Waals surface area contributed by atoms with Gasteiger partial charge in [-0.3, -0.25) is 9.36 Å². The summed E-state index contributed by atoms with van der Waals surface area (Å²) in [6, 6.07) is 19.2. The van der Waals surface area contributed by atoms with Crippen LogP contribution in [-0.2, 0) is 6.42 Å². The van der Waals surface area contributed by atoms with Gasteiger partial charge in [0, 0.05) is 35.6 Å². The molecule has 128 valence electrons. The van der Waals surface area contributed by atoms with Gasteiger partial charge in [0.2, 0.25) is 0 Å². The van der Waals surface area contributed by atoms with Crippen LogP contribution in [0.3, 0.4) is 0 Å². The maximum Gasteiger partial charge on any atom is 0.262 e. The van der Waals surface area contributed by atoms with Crippen LogP contribution in [0.25, 0.3) is 16.5 Å². The summed E-state index contributed by atoms with van der Waals surface area (Å²) in [4.78, 5) is 20.2. The molecule has 26 heavy (non-hydrogen) atoms. The van der Waals surface area contributed by atoms with E-state index in [0.717, 1.165) is 35.2 Å². The molecule has 4 aromatic rings. The van der Waals surface area contributed by atoms with Gasteiger partial charge in [0.25, 0.3) is 5.56 Å². The van der Waals surface area contributed by atoms with Crippen LogP contribution in [-0.4, -0.2) is 21.1 Å². The number of fused-ring (bicyclic) bond motifs is 2. The van der Waals surface area contributed by atoms with Crippen molar-refractivity contribution in [3.8, 4) is 5.69 Å². The molecule has 0 saturated carbocycles. The number of pyridine rings is 1. The highest BCUT2D eigenvalue weighted by Gasteiger charge is 2.08. The Morgan fingerprint density at radius 3 is 2.62 bits per heavy atom. The van der Waals surface area contributed by atoms with E-state index in [1.165, 1.54) is 5.56 Å². The Kier molecular flexibility index (Phi) is 4.43. The number of rotatable bonds is 1. The predicted molar refractivity (Wildman–Crippen MR) is 104 cm³/mol. The number of anilines is 1. The van der Waals surface area contributed by atoms with E-state index in [2.05, 4.69) is 15.3 Å². The van der Waals surface area contributed by atoms with Crippen molar-refractivity contribution in [3.63, 3.8) is 0 Å². The van der Waals surface area contributed by atoms with E-state index in [-0.39, 0.29) is 5.56 Å². The van der Waals surface area contributed by atoms with Crippen LogP contribution in [0.4, 0.5) is 5.82 Å². The summed E-state index contributed by atoms with van der Waals surface area (Å²) in [5.41, 5.74) is 2.15. The van der Waals surface area contributed by atoms with Crippen LogP contribution >= 0.6 is 0 Å². The van der Waals surface area contributed by atoms with Crippen molar-refractivity contribution < 1.29 is 0 Å². The number of hydrogen-bond donors (Lipinski definition) is 1. The van der Waals surface area contributed by atoms with Crippen LogP contribution in [0, 0.1) is 0 Å². The summed E-state index contributed by atoms with van der Waals surface area (Å²) in [5.74, 6) is 1.00. The normalized spacial score (nSPS) is 12.0. The second-order valence-electron chi connectivity index (χ2n) is 5.99. The Morgan fingerprint density at radius 2 is 1.77 bits per heavy atom. The fourth-order valence-electron chi connectivity index (χ4n) is 3.00. The molecule has 5 heteroatoms. The average molecular weight is 342 g/mol. The first-order chi connectivity index (χ1) is 12.8. The third kappa shape index (κ3) is 3.19. The van der Waals surface area contributed by atoms with E-state index < -0.39 is 0 Å². The van der Waals surface area contributed by atoms with Gasteiger partial charge in [-0.2, -0.15) is 0 Å². The van der Waals surface area contributed by atoms with Gasteiger partial charge in [-0.05, 0) is 36.1 Å². The van der Waals surface area contributed by atoms with Crippen molar-refractivity contribution in [2.75, 3.05) is 11.9 Å². The van der Waals surface area contributed by atoms with E-state index in [1.54, 1.807) is 10.9 Å². The van der Waals surface area contributed by atoms with Crippen LogP contribution < -0.4 is 10.9 Å². The second-order valence-corrected chi connectivity index (χ2v) is 5.99. The molecule has 5 nitrogen and oxygen atoms in total. The summed E-state index contributed by atoms with van der Waals surface area (Å²) in [6.07, 6.45) is 6.32. The third-order valence-electron chi connectivity index (χ3n) is 4.32. The van der Waals surface area contributed by atoms with E-state index >= 15 is 0 Å². The van der Waals surface area contributed by atoms with Crippen molar-refractivity contribution in [2.24, 2.45) is 0 Å². The number of aromatic nitrogens is 3. The zero-order chi connectivity index (χ0) is 17.8. The summed E-state index contributed by atoms with van der Waals surface area (Å²) in [6.45, 7) is 1.01. The molecule has 0 fully saturated rings. The SMILES string of the molecule is O=c1c2ccccc2ccn1-c1ccccc1.c1ncc2c(n1)NCC2. The minimum Gasteiger partial charge on any atom is -0.369 e. The highest BCUT2D eigenvalue weighted by molar-refractivity contribution is 5.81. The van der Waals surface area contributed by atoms with Crippen LogP contribution in [0.5, 0.6) is 0 Å². The second kappa shape index (κ2) is 7.19. The summed E-state index contributed by atoms with van der Waals surface area (Å²) in [5, 5.41) is 4.87. The minimum absolute atomic E-state index is 0.0225. The van der Waals surface area contributed by atoms with Gasteiger partial charge in [-0.25, -0.2) is 9.97 Å². The average Bonchev–Trinajstić information content (AvgIpc) is 3.19. The minimum atomic E-state index is 0.0225. The van der Waals surface area contributed by atoms with Crippen molar-refractivity contribution in [2.45, 2.75) is 6.42 Å². The largest absolute Gasteiger partial charge is 0.369 e. The Balaban J connectivity index is 0.000000157. The molecular weight excluding hydrogens is 324 g/mol. The van der Waals surface area contributed by atoms with Gasteiger partial charge in [-0.15, -0.1) is 0 Å². The Hall–Kier alpha value is -3.47. The molecule has 5 rings (SSSR count). The Morgan fingerprint density at radius 1 is 0.962 bits per heavy atom. The first kappa shape index (κ1) is 16.0. The topological polar surface area (TPSA) is 59.8 Å². The zero-order valence-electron chi connectivity index (χ0n) is 14.2. The van der Waals surface area contributed by atoms with Crippen LogP contribution in [0.2, 0.25) is 0 Å². The predicted octanol–water partition coefficient (Wildman–Crippen LogP) is 3.44. The monoisotopic (exact) mass is 342 g/mol. The fraction of sp³-hybridized carbons (Fsp3) is 0.0952. The molecule has 1 N–H and O–H groups in total. The van der Waals surface area contributed by atoms with Gasteiger partial charge >= 0.3 is 0 Å². The maximum absolute atomic E-state index is 12.3. The first-order valence-corrected chi connectivity index (χ1v) is 8.51. The maximum atomic E-state index is 12.3. The van der Waals surface area contributed by atoms with E-state index in [0.29, 0.717) is 0 Å². The molecule has 0 aliphatic carbocycles. The van der Waals surface area contributed by atoms with E-state index in [1.807, 2.05) is 73.1 Å². The number of para-hydroxylation sites is 1. The quantitative estimate of drug-likeness (QED) is 0.576. The van der Waals surface area contributed by atoms with E-state index in [4.69, 9.17) is 0 Å². The number of hydrogen-bond acceptors (Lipinski definition) is 4. The van der Waals surface area contributed by atoms with Gasteiger partial charge in [-0.1, -0.05) is 36.4 Å². The van der Waals surface area contributed by atoms with Crippen molar-refractivity contribution in [1.82, 2.24) is 14.5 Å². The summed E-state index contributed by atoms with van der Waals surface area (Å²) >= 11 is 0. The first-order valence-electron chi connectivity index (χ1n) is 8.51. The lowest BCUT2D eigenvalue weighted by Crippen LogP contribution is -2.17. The van der Waals surface area contributed by atoms with Gasteiger partial charge in [0.15, 0.2) is 0 Å². The third-order valence-corrected chi connectivity index (χ3v) is 4.32. The molecule has 1 aliphatic rings. The molecule has 0 spiro atoms. The standard InChI is InChI=1S/C15H11NO.C6H7N3/c17-15-14-9-5-4-6-12(14)10-11-16(15)13-7-2-1-3-8-13;1-2-8-6-5(1)3-7-4-9-6/h1-11H;3-4H,1-2H2,(H,7,8,9).